The molecule has 1 saturated carbocycles. The van der Waals surface area contributed by atoms with Gasteiger partial charge in [0.25, 0.3) is 0 Å². The van der Waals surface area contributed by atoms with Gasteiger partial charge >= 0.3 is 5.97 Å². The topological polar surface area (TPSA) is 55.4 Å². The summed E-state index contributed by atoms with van der Waals surface area (Å²) in [4.78, 5) is 24.2. The van der Waals surface area contributed by atoms with Crippen LogP contribution in [0, 0.1) is 11.3 Å². The summed E-state index contributed by atoms with van der Waals surface area (Å²) in [7, 11) is 0. The van der Waals surface area contributed by atoms with Crippen LogP contribution in [0.5, 0.6) is 0 Å². The molecule has 20 heavy (non-hydrogen) atoms. The molecule has 1 N–H and O–H groups in total. The fraction of sp³-hybridized carbons (Fsp3) is 0.750. The minimum Gasteiger partial charge on any atom is -0.455 e. The Labute approximate surface area is 122 Å². The summed E-state index contributed by atoms with van der Waals surface area (Å²) >= 11 is 0. The van der Waals surface area contributed by atoms with Crippen LogP contribution in [-0.2, 0) is 14.3 Å². The van der Waals surface area contributed by atoms with Crippen LogP contribution in [0.4, 0.5) is 0 Å². The van der Waals surface area contributed by atoms with Crippen LogP contribution in [0.3, 0.4) is 0 Å². The zero-order valence-electron chi connectivity index (χ0n) is 13.5. The lowest BCUT2D eigenvalue weighted by Gasteiger charge is -2.21. The Hall–Kier alpha value is -1.32. The van der Waals surface area contributed by atoms with Crippen molar-refractivity contribution in [2.75, 3.05) is 0 Å². The standard InChI is InChI=1S/C16H27NO3/c1-7-8-9-12(14(19)20-15(2,3)4)17-13(18)11-10-16(11,5)6/h9,11H,7-8,10H2,1-6H3,(H,17,18). The van der Waals surface area contributed by atoms with Gasteiger partial charge in [-0.25, -0.2) is 4.79 Å². The molecule has 1 atom stereocenters. The molecule has 1 aliphatic carbocycles. The van der Waals surface area contributed by atoms with E-state index in [1.165, 1.54) is 0 Å². The maximum absolute atomic E-state index is 12.1. The van der Waals surface area contributed by atoms with Crippen molar-refractivity contribution in [2.24, 2.45) is 11.3 Å². The van der Waals surface area contributed by atoms with Gasteiger partial charge in [-0.1, -0.05) is 33.3 Å². The number of hydrogen-bond acceptors (Lipinski definition) is 3. The zero-order valence-corrected chi connectivity index (χ0v) is 13.5. The maximum Gasteiger partial charge on any atom is 0.355 e. The number of carbonyl (C=O) groups excluding carboxylic acids is 2. The lowest BCUT2D eigenvalue weighted by Crippen LogP contribution is -2.34. The molecule has 1 fully saturated rings. The minimum atomic E-state index is -0.564. The summed E-state index contributed by atoms with van der Waals surface area (Å²) in [5, 5.41) is 2.74. The molecule has 0 aromatic rings. The first kappa shape index (κ1) is 16.7. The van der Waals surface area contributed by atoms with Crippen molar-refractivity contribution in [1.82, 2.24) is 5.32 Å². The van der Waals surface area contributed by atoms with E-state index < -0.39 is 11.6 Å². The molecule has 1 aliphatic rings. The summed E-state index contributed by atoms with van der Waals surface area (Å²) in [6, 6.07) is 0. The van der Waals surface area contributed by atoms with Crippen molar-refractivity contribution in [2.45, 2.75) is 66.4 Å². The number of hydrogen-bond donors (Lipinski definition) is 1. The molecule has 0 aromatic carbocycles. The van der Waals surface area contributed by atoms with Crippen molar-refractivity contribution < 1.29 is 14.3 Å². The first-order valence-electron chi connectivity index (χ1n) is 7.31. The lowest BCUT2D eigenvalue weighted by atomic mass is 10.1. The minimum absolute atomic E-state index is 0.00466. The quantitative estimate of drug-likeness (QED) is 0.622. The monoisotopic (exact) mass is 281 g/mol. The number of carbonyl (C=O) groups is 2. The van der Waals surface area contributed by atoms with E-state index in [4.69, 9.17) is 4.74 Å². The molecule has 1 amide bonds. The van der Waals surface area contributed by atoms with Gasteiger partial charge in [0.2, 0.25) is 5.91 Å². The first-order valence-corrected chi connectivity index (χ1v) is 7.31. The van der Waals surface area contributed by atoms with Gasteiger partial charge in [0, 0.05) is 5.92 Å². The third kappa shape index (κ3) is 4.99. The second kappa shape index (κ2) is 5.98. The molecule has 0 saturated heterocycles. The number of amides is 1. The summed E-state index contributed by atoms with van der Waals surface area (Å²) < 4.78 is 5.33. The van der Waals surface area contributed by atoms with E-state index in [1.807, 2.05) is 27.7 Å². The number of allylic oxidation sites excluding steroid dienone is 1. The molecule has 0 aromatic heterocycles. The van der Waals surface area contributed by atoms with Crippen LogP contribution in [0.25, 0.3) is 0 Å². The van der Waals surface area contributed by atoms with Crippen LogP contribution < -0.4 is 5.32 Å². The molecule has 0 spiro atoms. The number of rotatable bonds is 5. The van der Waals surface area contributed by atoms with E-state index in [1.54, 1.807) is 6.08 Å². The Kier molecular flexibility index (Phi) is 5.00. The molecule has 1 rings (SSSR count). The van der Waals surface area contributed by atoms with Gasteiger partial charge in [-0.15, -0.1) is 0 Å². The molecule has 0 aliphatic heterocycles. The Bertz CT molecular complexity index is 416. The normalized spacial score (nSPS) is 21.3. The van der Waals surface area contributed by atoms with Crippen molar-refractivity contribution >= 4 is 11.9 Å². The van der Waals surface area contributed by atoms with E-state index in [-0.39, 0.29) is 22.9 Å². The van der Waals surface area contributed by atoms with Crippen molar-refractivity contribution in [1.29, 1.82) is 0 Å². The van der Waals surface area contributed by atoms with Crippen LogP contribution in [-0.4, -0.2) is 17.5 Å². The van der Waals surface area contributed by atoms with Crippen molar-refractivity contribution in [3.05, 3.63) is 11.8 Å². The van der Waals surface area contributed by atoms with E-state index in [0.717, 1.165) is 19.3 Å². The van der Waals surface area contributed by atoms with Crippen LogP contribution in [0.15, 0.2) is 11.8 Å². The van der Waals surface area contributed by atoms with Gasteiger partial charge in [0.1, 0.15) is 11.3 Å². The molecule has 114 valence electrons. The highest BCUT2D eigenvalue weighted by molar-refractivity contribution is 5.95. The average molecular weight is 281 g/mol. The van der Waals surface area contributed by atoms with E-state index >= 15 is 0 Å². The lowest BCUT2D eigenvalue weighted by molar-refractivity contribution is -0.151. The molecule has 1 unspecified atom stereocenters. The summed E-state index contributed by atoms with van der Waals surface area (Å²) in [5.41, 5.74) is -0.241. The molecule has 4 nitrogen and oxygen atoms in total. The number of ether oxygens (including phenoxy) is 1. The van der Waals surface area contributed by atoms with E-state index in [0.29, 0.717) is 0 Å². The third-order valence-corrected chi connectivity index (χ3v) is 3.34. The van der Waals surface area contributed by atoms with Crippen LogP contribution in [0.1, 0.15) is 60.8 Å². The SMILES string of the molecule is CCCC=C(NC(=O)C1CC1(C)C)C(=O)OC(C)(C)C. The number of nitrogens with one attached hydrogen (secondary N) is 1. The Morgan fingerprint density at radius 2 is 1.90 bits per heavy atom. The smallest absolute Gasteiger partial charge is 0.355 e. The van der Waals surface area contributed by atoms with Crippen LogP contribution in [0.2, 0.25) is 0 Å². The van der Waals surface area contributed by atoms with Crippen molar-refractivity contribution in [3.8, 4) is 0 Å². The molecule has 0 bridgehead atoms. The number of esters is 1. The summed E-state index contributed by atoms with van der Waals surface area (Å²) in [6.45, 7) is 11.6. The molecular formula is C16H27NO3. The molecule has 4 heteroatoms. The Balaban J connectivity index is 2.70. The largest absolute Gasteiger partial charge is 0.455 e. The Morgan fingerprint density at radius 1 is 1.35 bits per heavy atom. The predicted octanol–water partition coefficient (Wildman–Crippen LogP) is 3.17. The second-order valence-electron chi connectivity index (χ2n) is 7.14. The molecule has 0 heterocycles. The predicted molar refractivity (Wildman–Crippen MR) is 78.9 cm³/mol. The van der Waals surface area contributed by atoms with Crippen LogP contribution >= 0.6 is 0 Å². The van der Waals surface area contributed by atoms with Gasteiger partial charge in [-0.3, -0.25) is 4.79 Å². The Morgan fingerprint density at radius 3 is 2.30 bits per heavy atom. The van der Waals surface area contributed by atoms with Gasteiger partial charge < -0.3 is 10.1 Å². The molecule has 0 radical (unpaired) electrons. The van der Waals surface area contributed by atoms with E-state index in [9.17, 15) is 9.59 Å². The third-order valence-electron chi connectivity index (χ3n) is 3.34. The van der Waals surface area contributed by atoms with Crippen molar-refractivity contribution in [3.63, 3.8) is 0 Å². The summed E-state index contributed by atoms with van der Waals surface area (Å²) in [6.07, 6.45) is 4.27. The van der Waals surface area contributed by atoms with Gasteiger partial charge in [0.15, 0.2) is 0 Å². The fourth-order valence-electron chi connectivity index (χ4n) is 1.94. The first-order chi connectivity index (χ1) is 9.07. The maximum atomic E-state index is 12.1. The average Bonchev–Trinajstić information content (AvgIpc) is 2.91. The zero-order chi connectivity index (χ0) is 15.6. The second-order valence-corrected chi connectivity index (χ2v) is 7.14. The summed E-state index contributed by atoms with van der Waals surface area (Å²) in [5.74, 6) is -0.545. The number of unbranched alkanes of at least 4 members (excludes halogenated alkanes) is 1. The fourth-order valence-corrected chi connectivity index (χ4v) is 1.94. The van der Waals surface area contributed by atoms with Gasteiger partial charge in [-0.2, -0.15) is 0 Å². The van der Waals surface area contributed by atoms with Gasteiger partial charge in [0.05, 0.1) is 0 Å². The van der Waals surface area contributed by atoms with E-state index in [2.05, 4.69) is 19.2 Å². The highest BCUT2D eigenvalue weighted by atomic mass is 16.6. The highest BCUT2D eigenvalue weighted by Gasteiger charge is 2.50. The van der Waals surface area contributed by atoms with Gasteiger partial charge in [-0.05, 0) is 39.0 Å². The highest BCUT2D eigenvalue weighted by Crippen LogP contribution is 2.51. The molecular weight excluding hydrogens is 254 g/mol.